The fourth-order valence-corrected chi connectivity index (χ4v) is 6.57. The van der Waals surface area contributed by atoms with Crippen LogP contribution in [0.2, 0.25) is 0 Å². The van der Waals surface area contributed by atoms with Crippen molar-refractivity contribution in [1.82, 2.24) is 19.9 Å². The molecule has 3 aromatic heterocycles. The highest BCUT2D eigenvalue weighted by molar-refractivity contribution is 7.99. The molecule has 1 saturated heterocycles. The quantitative estimate of drug-likeness (QED) is 0.424. The predicted octanol–water partition coefficient (Wildman–Crippen LogP) is 3.58. The van der Waals surface area contributed by atoms with E-state index >= 15 is 0 Å². The highest BCUT2D eigenvalue weighted by Crippen LogP contribution is 2.44. The number of ether oxygens (including phenoxy) is 2. The molecule has 31 heavy (non-hydrogen) atoms. The summed E-state index contributed by atoms with van der Waals surface area (Å²) in [6, 6.07) is 0. The second-order valence-corrected chi connectivity index (χ2v) is 11.1. The van der Waals surface area contributed by atoms with Gasteiger partial charge in [0, 0.05) is 42.8 Å². The molecule has 5 heterocycles. The highest BCUT2D eigenvalue weighted by Gasteiger charge is 2.33. The largest absolute Gasteiger partial charge is 0.378 e. The van der Waals surface area contributed by atoms with Crippen molar-refractivity contribution in [2.45, 2.75) is 37.5 Å². The maximum Gasteiger partial charge on any atom is 0.136 e. The Hall–Kier alpha value is -1.52. The minimum absolute atomic E-state index is 0.200. The van der Waals surface area contributed by atoms with Gasteiger partial charge in [-0.1, -0.05) is 0 Å². The van der Waals surface area contributed by atoms with Crippen LogP contribution >= 0.6 is 23.1 Å². The van der Waals surface area contributed by atoms with Gasteiger partial charge in [0.1, 0.15) is 22.0 Å². The summed E-state index contributed by atoms with van der Waals surface area (Å²) < 4.78 is 13.0. The number of fused-ring (bicyclic) bond motifs is 5. The monoisotopic (exact) mass is 459 g/mol. The molecule has 1 fully saturated rings. The summed E-state index contributed by atoms with van der Waals surface area (Å²) in [6.07, 6.45) is 2.57. The Morgan fingerprint density at radius 3 is 2.77 bits per heavy atom. The molecule has 2 aliphatic rings. The SMILES string of the molecule is CN(C)CCSc1ncnc2c1sc1nc(N3CCOCC3)c3c(c12)CC(C)(C)OC3. The van der Waals surface area contributed by atoms with Crippen molar-refractivity contribution in [2.24, 2.45) is 0 Å². The lowest BCUT2D eigenvalue weighted by Gasteiger charge is -2.36. The average Bonchev–Trinajstić information content (AvgIpc) is 3.12. The van der Waals surface area contributed by atoms with Crippen LogP contribution in [0.15, 0.2) is 11.4 Å². The lowest BCUT2D eigenvalue weighted by atomic mass is 9.90. The number of hydrogen-bond donors (Lipinski definition) is 0. The maximum absolute atomic E-state index is 6.22. The van der Waals surface area contributed by atoms with Gasteiger partial charge < -0.3 is 19.3 Å². The molecular weight excluding hydrogens is 430 g/mol. The second kappa shape index (κ2) is 8.44. The molecule has 0 atom stereocenters. The smallest absolute Gasteiger partial charge is 0.136 e. The first-order chi connectivity index (χ1) is 14.9. The number of anilines is 1. The molecule has 9 heteroatoms. The molecule has 0 radical (unpaired) electrons. The topological polar surface area (TPSA) is 63.6 Å². The zero-order chi connectivity index (χ0) is 21.6. The summed E-state index contributed by atoms with van der Waals surface area (Å²) in [4.78, 5) is 20.1. The molecule has 0 N–H and O–H groups in total. The van der Waals surface area contributed by atoms with E-state index in [-0.39, 0.29) is 5.60 Å². The number of nitrogens with zero attached hydrogens (tertiary/aromatic N) is 5. The predicted molar refractivity (Wildman–Crippen MR) is 128 cm³/mol. The molecule has 7 nitrogen and oxygen atoms in total. The summed E-state index contributed by atoms with van der Waals surface area (Å²) in [6.45, 7) is 9.16. The van der Waals surface area contributed by atoms with Crippen LogP contribution < -0.4 is 4.90 Å². The molecule has 3 aromatic rings. The van der Waals surface area contributed by atoms with Crippen LogP contribution in [0.4, 0.5) is 5.82 Å². The fraction of sp³-hybridized carbons (Fsp3) is 0.591. The molecule has 0 unspecified atom stereocenters. The fourth-order valence-electron chi connectivity index (χ4n) is 4.23. The normalized spacial score (nSPS) is 18.8. The third-order valence-corrected chi connectivity index (χ3v) is 8.04. The molecular formula is C22H29N5O2S2. The average molecular weight is 460 g/mol. The number of thiophene rings is 1. The van der Waals surface area contributed by atoms with Gasteiger partial charge in [0.2, 0.25) is 0 Å². The van der Waals surface area contributed by atoms with Crippen molar-refractivity contribution in [3.63, 3.8) is 0 Å². The summed E-state index contributed by atoms with van der Waals surface area (Å²) in [5.74, 6) is 2.06. The van der Waals surface area contributed by atoms with Gasteiger partial charge >= 0.3 is 0 Å². The molecule has 5 rings (SSSR count). The summed E-state index contributed by atoms with van der Waals surface area (Å²) in [7, 11) is 4.20. The van der Waals surface area contributed by atoms with Crippen molar-refractivity contribution in [1.29, 1.82) is 0 Å². The Morgan fingerprint density at radius 1 is 1.19 bits per heavy atom. The van der Waals surface area contributed by atoms with Gasteiger partial charge in [-0.3, -0.25) is 0 Å². The van der Waals surface area contributed by atoms with Gasteiger partial charge in [0.05, 0.1) is 35.6 Å². The van der Waals surface area contributed by atoms with Crippen LogP contribution in [-0.2, 0) is 22.5 Å². The summed E-state index contributed by atoms with van der Waals surface area (Å²) >= 11 is 3.53. The van der Waals surface area contributed by atoms with Crippen LogP contribution in [0, 0.1) is 0 Å². The molecule has 0 aromatic carbocycles. The minimum Gasteiger partial charge on any atom is -0.378 e. The van der Waals surface area contributed by atoms with E-state index in [1.54, 1.807) is 29.4 Å². The number of rotatable bonds is 5. The standard InChI is InChI=1S/C22H29N5O2S2/c1-22(2)11-14-15(12-29-22)19(27-5-8-28-9-6-27)25-20-16(14)17-18(31-20)21(24-13-23-17)30-10-7-26(3)4/h13H,5-12H2,1-4H3. The number of pyridine rings is 1. The first kappa shape index (κ1) is 21.3. The van der Waals surface area contributed by atoms with Crippen LogP contribution in [0.5, 0.6) is 0 Å². The first-order valence-electron chi connectivity index (χ1n) is 10.8. The van der Waals surface area contributed by atoms with Crippen molar-refractivity contribution in [3.05, 3.63) is 17.5 Å². The number of thioether (sulfide) groups is 1. The van der Waals surface area contributed by atoms with E-state index < -0.39 is 0 Å². The molecule has 166 valence electrons. The van der Waals surface area contributed by atoms with Gasteiger partial charge in [-0.2, -0.15) is 0 Å². The molecule has 0 saturated carbocycles. The number of aromatic nitrogens is 3. The van der Waals surface area contributed by atoms with Crippen LogP contribution in [0.1, 0.15) is 25.0 Å². The van der Waals surface area contributed by atoms with E-state index in [1.807, 2.05) is 0 Å². The van der Waals surface area contributed by atoms with Crippen LogP contribution in [0.3, 0.4) is 0 Å². The van der Waals surface area contributed by atoms with E-state index in [2.05, 4.69) is 42.7 Å². The van der Waals surface area contributed by atoms with Gasteiger partial charge in [-0.15, -0.1) is 23.1 Å². The van der Waals surface area contributed by atoms with Gasteiger partial charge in [-0.05, 0) is 33.5 Å². The Bertz CT molecular complexity index is 1110. The third kappa shape index (κ3) is 4.14. The van der Waals surface area contributed by atoms with Gasteiger partial charge in [0.15, 0.2) is 0 Å². The molecule has 0 spiro atoms. The van der Waals surface area contributed by atoms with E-state index in [0.717, 1.165) is 70.9 Å². The minimum atomic E-state index is -0.200. The van der Waals surface area contributed by atoms with Crippen molar-refractivity contribution in [3.8, 4) is 0 Å². The van der Waals surface area contributed by atoms with E-state index in [9.17, 15) is 0 Å². The highest BCUT2D eigenvalue weighted by atomic mass is 32.2. The van der Waals surface area contributed by atoms with Gasteiger partial charge in [0.25, 0.3) is 0 Å². The third-order valence-electron chi connectivity index (χ3n) is 5.86. The van der Waals surface area contributed by atoms with Gasteiger partial charge in [-0.25, -0.2) is 15.0 Å². The Morgan fingerprint density at radius 2 is 2.00 bits per heavy atom. The lowest BCUT2D eigenvalue weighted by Crippen LogP contribution is -2.39. The Kier molecular flexibility index (Phi) is 5.81. The van der Waals surface area contributed by atoms with Crippen molar-refractivity contribution >= 4 is 49.3 Å². The molecule has 0 bridgehead atoms. The Labute approximate surface area is 191 Å². The lowest BCUT2D eigenvalue weighted by molar-refractivity contribution is -0.0396. The second-order valence-electron chi connectivity index (χ2n) is 9.01. The maximum atomic E-state index is 6.22. The number of hydrogen-bond acceptors (Lipinski definition) is 9. The van der Waals surface area contributed by atoms with Crippen LogP contribution in [-0.4, -0.2) is 78.1 Å². The first-order valence-corrected chi connectivity index (χ1v) is 12.6. The summed E-state index contributed by atoms with van der Waals surface area (Å²) in [5.41, 5.74) is 3.40. The molecule has 2 aliphatic heterocycles. The van der Waals surface area contributed by atoms with Crippen molar-refractivity contribution < 1.29 is 9.47 Å². The van der Waals surface area contributed by atoms with E-state index in [1.165, 1.54) is 16.5 Å². The number of morpholine rings is 1. The summed E-state index contributed by atoms with van der Waals surface area (Å²) in [5, 5.41) is 2.25. The van der Waals surface area contributed by atoms with E-state index in [0.29, 0.717) is 6.61 Å². The zero-order valence-corrected chi connectivity index (χ0v) is 20.2. The van der Waals surface area contributed by atoms with Crippen LogP contribution in [0.25, 0.3) is 20.4 Å². The van der Waals surface area contributed by atoms with E-state index in [4.69, 9.17) is 19.4 Å². The van der Waals surface area contributed by atoms with Crippen molar-refractivity contribution in [2.75, 3.05) is 57.6 Å². The molecule has 0 amide bonds. The zero-order valence-electron chi connectivity index (χ0n) is 18.6. The molecule has 0 aliphatic carbocycles. The Balaban J connectivity index is 1.67.